The molecule has 128 valence electrons. The van der Waals surface area contributed by atoms with Crippen molar-refractivity contribution in [2.24, 2.45) is 0 Å². The number of hydrogen-bond donors (Lipinski definition) is 1. The molecule has 0 saturated carbocycles. The molecule has 1 aromatic rings. The molecule has 0 bridgehead atoms. The number of morpholine rings is 1. The average molecular weight is 340 g/mol. The fraction of sp³-hybridized carbons (Fsp3) is 0.625. The molecule has 2 fully saturated rings. The van der Waals surface area contributed by atoms with Crippen molar-refractivity contribution < 1.29 is 17.9 Å². The summed E-state index contributed by atoms with van der Waals surface area (Å²) in [6.45, 7) is 6.17. The number of hydrogen-bond acceptors (Lipinski definition) is 5. The largest absolute Gasteiger partial charge is 0.495 e. The van der Waals surface area contributed by atoms with E-state index in [2.05, 4.69) is 9.62 Å². The molecule has 2 aliphatic heterocycles. The molecule has 3 atom stereocenters. The van der Waals surface area contributed by atoms with Crippen LogP contribution in [0.5, 0.6) is 5.75 Å². The van der Waals surface area contributed by atoms with Crippen LogP contribution in [0.15, 0.2) is 23.1 Å². The van der Waals surface area contributed by atoms with Crippen LogP contribution in [-0.2, 0) is 14.8 Å². The van der Waals surface area contributed by atoms with E-state index < -0.39 is 10.0 Å². The highest BCUT2D eigenvalue weighted by Gasteiger charge is 2.38. The zero-order valence-corrected chi connectivity index (χ0v) is 14.6. The Balaban J connectivity index is 1.76. The van der Waals surface area contributed by atoms with Crippen molar-refractivity contribution in [1.82, 2.24) is 9.62 Å². The summed E-state index contributed by atoms with van der Waals surface area (Å²) >= 11 is 0. The maximum atomic E-state index is 12.7. The smallest absolute Gasteiger partial charge is 0.244 e. The van der Waals surface area contributed by atoms with E-state index in [0.29, 0.717) is 18.4 Å². The minimum absolute atomic E-state index is 0.0934. The van der Waals surface area contributed by atoms with Gasteiger partial charge in [-0.25, -0.2) is 13.1 Å². The van der Waals surface area contributed by atoms with Gasteiger partial charge >= 0.3 is 0 Å². The SMILES string of the molecule is COc1ccc(C)cc1S(=O)(=O)N[C@H]1C[C@H]2CO[C@H](C)CN2C1. The first-order valence-corrected chi connectivity index (χ1v) is 9.40. The summed E-state index contributed by atoms with van der Waals surface area (Å²) in [6, 6.07) is 5.39. The summed E-state index contributed by atoms with van der Waals surface area (Å²) in [6.07, 6.45) is 0.985. The molecule has 23 heavy (non-hydrogen) atoms. The van der Waals surface area contributed by atoms with Crippen LogP contribution in [0.2, 0.25) is 0 Å². The maximum absolute atomic E-state index is 12.7. The number of methoxy groups -OCH3 is 1. The van der Waals surface area contributed by atoms with Crippen molar-refractivity contribution in [2.45, 2.75) is 43.4 Å². The fourth-order valence-electron chi connectivity index (χ4n) is 3.40. The number of fused-ring (bicyclic) bond motifs is 1. The molecule has 3 rings (SSSR count). The molecule has 7 heteroatoms. The van der Waals surface area contributed by atoms with Gasteiger partial charge in [0, 0.05) is 25.2 Å². The average Bonchev–Trinajstić information content (AvgIpc) is 2.87. The number of benzene rings is 1. The van der Waals surface area contributed by atoms with Crippen molar-refractivity contribution in [2.75, 3.05) is 26.8 Å². The van der Waals surface area contributed by atoms with Crippen molar-refractivity contribution in [3.05, 3.63) is 23.8 Å². The van der Waals surface area contributed by atoms with Gasteiger partial charge in [-0.1, -0.05) is 6.07 Å². The van der Waals surface area contributed by atoms with Gasteiger partial charge in [-0.2, -0.15) is 0 Å². The first-order valence-electron chi connectivity index (χ1n) is 7.91. The van der Waals surface area contributed by atoms with Crippen LogP contribution in [0.25, 0.3) is 0 Å². The van der Waals surface area contributed by atoms with E-state index >= 15 is 0 Å². The lowest BCUT2D eigenvalue weighted by molar-refractivity contribution is -0.0390. The second-order valence-electron chi connectivity index (χ2n) is 6.46. The third-order valence-corrected chi connectivity index (χ3v) is 6.06. The van der Waals surface area contributed by atoms with Gasteiger partial charge in [-0.3, -0.25) is 4.90 Å². The first-order chi connectivity index (χ1) is 10.9. The predicted octanol–water partition coefficient (Wildman–Crippen LogP) is 1.14. The maximum Gasteiger partial charge on any atom is 0.244 e. The number of nitrogens with zero attached hydrogens (tertiary/aromatic N) is 1. The van der Waals surface area contributed by atoms with Gasteiger partial charge in [0.25, 0.3) is 0 Å². The lowest BCUT2D eigenvalue weighted by atomic mass is 10.2. The molecule has 0 aliphatic carbocycles. The van der Waals surface area contributed by atoms with E-state index in [1.807, 2.05) is 19.9 Å². The van der Waals surface area contributed by atoms with Gasteiger partial charge in [-0.05, 0) is 38.0 Å². The van der Waals surface area contributed by atoms with Gasteiger partial charge in [-0.15, -0.1) is 0 Å². The third kappa shape index (κ3) is 3.52. The Morgan fingerprint density at radius 2 is 2.13 bits per heavy atom. The minimum Gasteiger partial charge on any atom is -0.495 e. The van der Waals surface area contributed by atoms with E-state index in [-0.39, 0.29) is 17.0 Å². The van der Waals surface area contributed by atoms with Crippen molar-refractivity contribution in [1.29, 1.82) is 0 Å². The fourth-order valence-corrected chi connectivity index (χ4v) is 4.90. The van der Waals surface area contributed by atoms with E-state index in [1.165, 1.54) is 7.11 Å². The third-order valence-electron chi connectivity index (χ3n) is 4.52. The lowest BCUT2D eigenvalue weighted by Gasteiger charge is -2.33. The van der Waals surface area contributed by atoms with Crippen LogP contribution in [0, 0.1) is 6.92 Å². The molecular formula is C16H24N2O4S. The normalized spacial score (nSPS) is 28.6. The van der Waals surface area contributed by atoms with Crippen LogP contribution in [0.1, 0.15) is 18.9 Å². The Morgan fingerprint density at radius 3 is 2.87 bits per heavy atom. The highest BCUT2D eigenvalue weighted by Crippen LogP contribution is 2.27. The van der Waals surface area contributed by atoms with Crippen molar-refractivity contribution >= 4 is 10.0 Å². The Labute approximate surface area is 137 Å². The second-order valence-corrected chi connectivity index (χ2v) is 8.14. The lowest BCUT2D eigenvalue weighted by Crippen LogP contribution is -2.45. The van der Waals surface area contributed by atoms with E-state index in [9.17, 15) is 8.42 Å². The summed E-state index contributed by atoms with van der Waals surface area (Å²) in [7, 11) is -2.12. The highest BCUT2D eigenvalue weighted by molar-refractivity contribution is 7.89. The molecular weight excluding hydrogens is 316 g/mol. The molecule has 0 radical (unpaired) electrons. The van der Waals surface area contributed by atoms with Gasteiger partial charge in [0.05, 0.1) is 19.8 Å². The Hall–Kier alpha value is -1.15. The molecule has 2 saturated heterocycles. The van der Waals surface area contributed by atoms with Crippen LogP contribution < -0.4 is 9.46 Å². The van der Waals surface area contributed by atoms with E-state index in [1.54, 1.807) is 12.1 Å². The minimum atomic E-state index is -3.61. The standard InChI is InChI=1S/C16H24N2O4S/c1-11-4-5-15(21-3)16(6-11)23(19,20)17-13-7-14-10-22-12(2)8-18(14)9-13/h4-6,12-14,17H,7-10H2,1-3H3/t12-,13+,14+/m1/s1. The molecule has 6 nitrogen and oxygen atoms in total. The Morgan fingerprint density at radius 1 is 1.35 bits per heavy atom. The van der Waals surface area contributed by atoms with Crippen molar-refractivity contribution in [3.63, 3.8) is 0 Å². The Bertz CT molecular complexity index is 677. The van der Waals surface area contributed by atoms with Gasteiger partial charge in [0.15, 0.2) is 0 Å². The van der Waals surface area contributed by atoms with Gasteiger partial charge in [0.2, 0.25) is 10.0 Å². The second kappa shape index (κ2) is 6.39. The summed E-state index contributed by atoms with van der Waals surface area (Å²) in [5.41, 5.74) is 0.886. The monoisotopic (exact) mass is 340 g/mol. The molecule has 1 N–H and O–H groups in total. The Kier molecular flexibility index (Phi) is 4.64. The predicted molar refractivity (Wildman–Crippen MR) is 87.2 cm³/mol. The number of sulfonamides is 1. The number of rotatable bonds is 4. The van der Waals surface area contributed by atoms with E-state index in [0.717, 1.165) is 25.1 Å². The molecule has 1 aromatic carbocycles. The zero-order valence-electron chi connectivity index (χ0n) is 13.8. The topological polar surface area (TPSA) is 67.9 Å². The number of nitrogens with one attached hydrogen (secondary N) is 1. The summed E-state index contributed by atoms with van der Waals surface area (Å²) in [5.74, 6) is 0.371. The molecule has 0 aromatic heterocycles. The van der Waals surface area contributed by atoms with E-state index in [4.69, 9.17) is 9.47 Å². The van der Waals surface area contributed by atoms with Gasteiger partial charge in [0.1, 0.15) is 10.6 Å². The molecule has 2 heterocycles. The molecule has 0 unspecified atom stereocenters. The van der Waals surface area contributed by atoms with Crippen molar-refractivity contribution in [3.8, 4) is 5.75 Å². The van der Waals surface area contributed by atoms with Crippen LogP contribution >= 0.6 is 0 Å². The molecule has 0 amide bonds. The zero-order chi connectivity index (χ0) is 16.6. The highest BCUT2D eigenvalue weighted by atomic mass is 32.2. The number of aryl methyl sites for hydroxylation is 1. The van der Waals surface area contributed by atoms with Crippen LogP contribution in [-0.4, -0.2) is 58.3 Å². The molecule has 2 aliphatic rings. The molecule has 0 spiro atoms. The van der Waals surface area contributed by atoms with Crippen LogP contribution in [0.3, 0.4) is 0 Å². The summed E-state index contributed by atoms with van der Waals surface area (Å²) in [4.78, 5) is 2.52. The number of ether oxygens (including phenoxy) is 2. The van der Waals surface area contributed by atoms with Crippen LogP contribution in [0.4, 0.5) is 0 Å². The first kappa shape index (κ1) is 16.7. The summed E-state index contributed by atoms with van der Waals surface area (Å²) < 4.78 is 39.2. The quantitative estimate of drug-likeness (QED) is 0.890. The summed E-state index contributed by atoms with van der Waals surface area (Å²) in [5, 5.41) is 0. The van der Waals surface area contributed by atoms with Gasteiger partial charge < -0.3 is 9.47 Å².